The third-order valence-electron chi connectivity index (χ3n) is 3.92. The summed E-state index contributed by atoms with van der Waals surface area (Å²) < 4.78 is 12.5. The number of carbonyl (C=O) groups is 2. The Bertz CT molecular complexity index is 1010. The molecule has 3 aromatic rings. The second-order valence-electron chi connectivity index (χ2n) is 6.14. The lowest BCUT2D eigenvalue weighted by Gasteiger charge is -2.11. The molecule has 154 valence electrons. The Kier molecular flexibility index (Phi) is 7.87. The van der Waals surface area contributed by atoms with E-state index in [9.17, 15) is 9.59 Å². The quantitative estimate of drug-likeness (QED) is 0.439. The molecule has 0 radical (unpaired) electrons. The van der Waals surface area contributed by atoms with Gasteiger partial charge in [-0.1, -0.05) is 52.3 Å². The van der Waals surface area contributed by atoms with E-state index < -0.39 is 11.8 Å². The van der Waals surface area contributed by atoms with Crippen LogP contribution in [0.15, 0.2) is 81.7 Å². The highest BCUT2D eigenvalue weighted by molar-refractivity contribution is 9.10. The Morgan fingerprint density at radius 3 is 2.00 bits per heavy atom. The zero-order valence-electron chi connectivity index (χ0n) is 15.7. The first-order valence-electron chi connectivity index (χ1n) is 8.95. The molecule has 6 nitrogen and oxygen atoms in total. The molecular formula is C22H18Br2N2O4. The fourth-order valence-electron chi connectivity index (χ4n) is 2.46. The van der Waals surface area contributed by atoms with E-state index in [1.807, 2.05) is 42.5 Å². The van der Waals surface area contributed by atoms with Crippen molar-refractivity contribution in [2.75, 3.05) is 13.2 Å². The molecule has 0 spiro atoms. The van der Waals surface area contributed by atoms with E-state index in [-0.39, 0.29) is 13.2 Å². The lowest BCUT2D eigenvalue weighted by molar-refractivity contribution is -0.131. The van der Waals surface area contributed by atoms with Gasteiger partial charge in [-0.15, -0.1) is 0 Å². The van der Waals surface area contributed by atoms with E-state index in [2.05, 4.69) is 42.7 Å². The molecule has 0 saturated carbocycles. The molecule has 3 rings (SSSR count). The minimum Gasteiger partial charge on any atom is -0.484 e. The van der Waals surface area contributed by atoms with Crippen LogP contribution in [0.2, 0.25) is 0 Å². The van der Waals surface area contributed by atoms with Crippen LogP contribution in [-0.4, -0.2) is 25.0 Å². The summed E-state index contributed by atoms with van der Waals surface area (Å²) in [4.78, 5) is 23.7. The second kappa shape index (κ2) is 10.8. The first-order chi connectivity index (χ1) is 14.5. The molecule has 3 aromatic carbocycles. The van der Waals surface area contributed by atoms with Crippen LogP contribution in [-0.2, 0) is 9.59 Å². The van der Waals surface area contributed by atoms with Gasteiger partial charge in [-0.3, -0.25) is 20.4 Å². The number of ether oxygens (including phenoxy) is 2. The molecule has 0 aromatic heterocycles. The highest BCUT2D eigenvalue weighted by Crippen LogP contribution is 2.30. The smallest absolute Gasteiger partial charge is 0.276 e. The molecule has 8 heteroatoms. The molecule has 0 aliphatic carbocycles. The van der Waals surface area contributed by atoms with E-state index in [1.54, 1.807) is 30.3 Å². The largest absolute Gasteiger partial charge is 0.484 e. The monoisotopic (exact) mass is 532 g/mol. The lowest BCUT2D eigenvalue weighted by Crippen LogP contribution is -2.45. The summed E-state index contributed by atoms with van der Waals surface area (Å²) >= 11 is 6.78. The molecule has 2 N–H and O–H groups in total. The first-order valence-corrected chi connectivity index (χ1v) is 10.5. The maximum absolute atomic E-state index is 11.9. The van der Waals surface area contributed by atoms with Crippen LogP contribution in [0.5, 0.6) is 11.5 Å². The topological polar surface area (TPSA) is 76.7 Å². The second-order valence-corrected chi connectivity index (χ2v) is 7.91. The van der Waals surface area contributed by atoms with Crippen LogP contribution in [0.25, 0.3) is 11.1 Å². The zero-order chi connectivity index (χ0) is 21.3. The molecule has 0 unspecified atom stereocenters. The van der Waals surface area contributed by atoms with Crippen molar-refractivity contribution in [3.8, 4) is 22.6 Å². The van der Waals surface area contributed by atoms with Gasteiger partial charge < -0.3 is 9.47 Å². The highest BCUT2D eigenvalue weighted by atomic mass is 79.9. The average molecular weight is 534 g/mol. The van der Waals surface area contributed by atoms with Crippen LogP contribution in [0.4, 0.5) is 0 Å². The third kappa shape index (κ3) is 6.60. The molecule has 0 fully saturated rings. The molecule has 0 aliphatic rings. The van der Waals surface area contributed by atoms with Crippen molar-refractivity contribution in [1.29, 1.82) is 0 Å². The Hall–Kier alpha value is -2.84. The van der Waals surface area contributed by atoms with Crippen LogP contribution in [0, 0.1) is 0 Å². The molecule has 0 atom stereocenters. The van der Waals surface area contributed by atoms with Crippen molar-refractivity contribution in [2.24, 2.45) is 0 Å². The number of hydrazine groups is 1. The summed E-state index contributed by atoms with van der Waals surface area (Å²) in [5.41, 5.74) is 6.67. The van der Waals surface area contributed by atoms with Gasteiger partial charge in [0.2, 0.25) is 0 Å². The van der Waals surface area contributed by atoms with E-state index >= 15 is 0 Å². The predicted molar refractivity (Wildman–Crippen MR) is 121 cm³/mol. The molecule has 30 heavy (non-hydrogen) atoms. The van der Waals surface area contributed by atoms with Crippen molar-refractivity contribution in [1.82, 2.24) is 10.9 Å². The number of hydrogen-bond donors (Lipinski definition) is 2. The standard InChI is InChI=1S/C22H18Br2N2O4/c23-17-7-9-18(10-8-17)29-13-21(27)25-26-22(28)14-30-20-11-6-16(12-19(20)24)15-4-2-1-3-5-15/h1-12H,13-14H2,(H,25,27)(H,26,28). The SMILES string of the molecule is O=C(COc1ccc(Br)cc1)NNC(=O)COc1ccc(-c2ccccc2)cc1Br. The number of amides is 2. The van der Waals surface area contributed by atoms with Gasteiger partial charge in [-0.2, -0.15) is 0 Å². The summed E-state index contributed by atoms with van der Waals surface area (Å²) in [6.45, 7) is -0.480. The number of nitrogens with one attached hydrogen (secondary N) is 2. The lowest BCUT2D eigenvalue weighted by atomic mass is 10.1. The molecule has 0 heterocycles. The van der Waals surface area contributed by atoms with Gasteiger partial charge >= 0.3 is 0 Å². The predicted octanol–water partition coefficient (Wildman–Crippen LogP) is 4.48. The number of halogens is 2. The van der Waals surface area contributed by atoms with Gasteiger partial charge in [-0.05, 0) is 63.5 Å². The maximum atomic E-state index is 11.9. The Labute approximate surface area is 190 Å². The van der Waals surface area contributed by atoms with Crippen LogP contribution in [0.3, 0.4) is 0 Å². The normalized spacial score (nSPS) is 10.2. The Morgan fingerprint density at radius 2 is 1.37 bits per heavy atom. The summed E-state index contributed by atoms with van der Waals surface area (Å²) in [7, 11) is 0. The maximum Gasteiger partial charge on any atom is 0.276 e. The van der Waals surface area contributed by atoms with Gasteiger partial charge in [0.25, 0.3) is 11.8 Å². The van der Waals surface area contributed by atoms with Crippen LogP contribution >= 0.6 is 31.9 Å². The van der Waals surface area contributed by atoms with E-state index in [4.69, 9.17) is 9.47 Å². The van der Waals surface area contributed by atoms with Gasteiger partial charge in [0.05, 0.1) is 4.47 Å². The van der Waals surface area contributed by atoms with Gasteiger partial charge in [-0.25, -0.2) is 0 Å². The van der Waals surface area contributed by atoms with Crippen molar-refractivity contribution in [2.45, 2.75) is 0 Å². The van der Waals surface area contributed by atoms with Crippen molar-refractivity contribution >= 4 is 43.7 Å². The number of rotatable bonds is 7. The number of hydrogen-bond acceptors (Lipinski definition) is 4. The van der Waals surface area contributed by atoms with E-state index in [1.165, 1.54) is 0 Å². The molecular weight excluding hydrogens is 516 g/mol. The van der Waals surface area contributed by atoms with Crippen LogP contribution in [0.1, 0.15) is 0 Å². The fourth-order valence-corrected chi connectivity index (χ4v) is 3.22. The zero-order valence-corrected chi connectivity index (χ0v) is 18.9. The van der Waals surface area contributed by atoms with Gasteiger partial charge in [0, 0.05) is 4.47 Å². The summed E-state index contributed by atoms with van der Waals surface area (Å²) in [6, 6.07) is 22.6. The number of benzene rings is 3. The molecule has 2 amide bonds. The summed E-state index contributed by atoms with van der Waals surface area (Å²) in [5.74, 6) is 0.0900. The third-order valence-corrected chi connectivity index (χ3v) is 5.07. The molecule has 0 bridgehead atoms. The Balaban J connectivity index is 1.42. The average Bonchev–Trinajstić information content (AvgIpc) is 2.77. The van der Waals surface area contributed by atoms with Gasteiger partial charge in [0.15, 0.2) is 13.2 Å². The van der Waals surface area contributed by atoms with Crippen molar-refractivity contribution in [3.05, 3.63) is 81.7 Å². The van der Waals surface area contributed by atoms with Crippen molar-refractivity contribution < 1.29 is 19.1 Å². The van der Waals surface area contributed by atoms with Crippen molar-refractivity contribution in [3.63, 3.8) is 0 Å². The minimum absolute atomic E-state index is 0.227. The number of carbonyl (C=O) groups excluding carboxylic acids is 2. The first kappa shape index (κ1) is 21.9. The molecule has 0 saturated heterocycles. The summed E-state index contributed by atoms with van der Waals surface area (Å²) in [5, 5.41) is 0. The van der Waals surface area contributed by atoms with Crippen LogP contribution < -0.4 is 20.3 Å². The minimum atomic E-state index is -0.494. The summed E-state index contributed by atoms with van der Waals surface area (Å²) in [6.07, 6.45) is 0. The van der Waals surface area contributed by atoms with E-state index in [0.29, 0.717) is 11.5 Å². The van der Waals surface area contributed by atoms with Gasteiger partial charge in [0.1, 0.15) is 11.5 Å². The Morgan fingerprint density at radius 1 is 0.733 bits per heavy atom. The molecule has 0 aliphatic heterocycles. The highest BCUT2D eigenvalue weighted by Gasteiger charge is 2.09. The van der Waals surface area contributed by atoms with E-state index in [0.717, 1.165) is 20.1 Å². The fraction of sp³-hybridized carbons (Fsp3) is 0.0909.